The Morgan fingerprint density at radius 3 is 2.67 bits per heavy atom. The van der Waals surface area contributed by atoms with Gasteiger partial charge in [0.15, 0.2) is 11.6 Å². The molecule has 1 unspecified atom stereocenters. The minimum atomic E-state index is -0.841. The number of piperidine rings is 1. The Labute approximate surface area is 245 Å². The van der Waals surface area contributed by atoms with Crippen LogP contribution in [0.2, 0.25) is 0 Å². The second kappa shape index (κ2) is 13.3. The monoisotopic (exact) mass is 589 g/mol. The number of carbonyl (C=O) groups is 3. The fraction of sp³-hybridized carbons (Fsp3) is 0.226. The number of pyridine rings is 1. The highest BCUT2D eigenvalue weighted by Gasteiger charge is 2.23. The molecule has 3 N–H and O–H groups in total. The van der Waals surface area contributed by atoms with Crippen LogP contribution in [0.4, 0.5) is 19.3 Å². The lowest BCUT2D eigenvalue weighted by atomic mass is 10.1. The zero-order valence-electron chi connectivity index (χ0n) is 23.1. The SMILES string of the molecule is C=CC(=O)N1CCCC(OCc2cc3c(Oc4ccc(NC(=O)NC(=O)Cc5ccc(F)cc5)cc4F)ccnc3[nH]2)C1. The number of benzene rings is 2. The van der Waals surface area contributed by atoms with Gasteiger partial charge in [-0.1, -0.05) is 18.7 Å². The summed E-state index contributed by atoms with van der Waals surface area (Å²) in [6.07, 6.45) is 4.28. The van der Waals surface area contributed by atoms with Crippen LogP contribution < -0.4 is 15.4 Å². The molecule has 1 saturated heterocycles. The van der Waals surface area contributed by atoms with Gasteiger partial charge >= 0.3 is 6.03 Å². The molecule has 0 radical (unpaired) electrons. The van der Waals surface area contributed by atoms with Gasteiger partial charge in [-0.15, -0.1) is 0 Å². The smallest absolute Gasteiger partial charge is 0.325 e. The van der Waals surface area contributed by atoms with Gasteiger partial charge in [0.1, 0.15) is 17.2 Å². The van der Waals surface area contributed by atoms with E-state index in [1.54, 1.807) is 11.0 Å². The molecule has 12 heteroatoms. The maximum Gasteiger partial charge on any atom is 0.325 e. The summed E-state index contributed by atoms with van der Waals surface area (Å²) in [6.45, 7) is 4.98. The second-order valence-electron chi connectivity index (χ2n) is 9.98. The molecular weight excluding hydrogens is 560 g/mol. The van der Waals surface area contributed by atoms with Crippen LogP contribution >= 0.6 is 0 Å². The van der Waals surface area contributed by atoms with Crippen molar-refractivity contribution in [2.24, 2.45) is 0 Å². The predicted molar refractivity (Wildman–Crippen MR) is 154 cm³/mol. The minimum absolute atomic E-state index is 0.0842. The van der Waals surface area contributed by atoms with Crippen molar-refractivity contribution in [2.45, 2.75) is 32.0 Å². The van der Waals surface area contributed by atoms with E-state index in [9.17, 15) is 23.2 Å². The van der Waals surface area contributed by atoms with Gasteiger partial charge < -0.3 is 24.7 Å². The number of anilines is 1. The van der Waals surface area contributed by atoms with Crippen molar-refractivity contribution in [3.05, 3.63) is 96.3 Å². The van der Waals surface area contributed by atoms with E-state index in [0.717, 1.165) is 24.6 Å². The Hall–Kier alpha value is -5.10. The van der Waals surface area contributed by atoms with Crippen LogP contribution in [0.1, 0.15) is 24.1 Å². The van der Waals surface area contributed by atoms with Gasteiger partial charge in [-0.3, -0.25) is 14.9 Å². The van der Waals surface area contributed by atoms with E-state index in [1.807, 2.05) is 6.07 Å². The number of fused-ring (bicyclic) bond motifs is 1. The third-order valence-electron chi connectivity index (χ3n) is 6.83. The summed E-state index contributed by atoms with van der Waals surface area (Å²) in [5.41, 5.74) is 1.91. The molecule has 0 spiro atoms. The molecule has 4 amide bonds. The van der Waals surface area contributed by atoms with Crippen LogP contribution in [0.5, 0.6) is 11.5 Å². The molecule has 10 nitrogen and oxygen atoms in total. The second-order valence-corrected chi connectivity index (χ2v) is 9.98. The highest BCUT2D eigenvalue weighted by molar-refractivity contribution is 6.01. The molecular formula is C31H29F2N5O5. The lowest BCUT2D eigenvalue weighted by molar-refractivity contribution is -0.130. The van der Waals surface area contributed by atoms with Crippen LogP contribution in [-0.2, 0) is 27.4 Å². The van der Waals surface area contributed by atoms with E-state index < -0.39 is 23.6 Å². The third kappa shape index (κ3) is 7.60. The van der Waals surface area contributed by atoms with E-state index >= 15 is 0 Å². The molecule has 2 aromatic heterocycles. The summed E-state index contributed by atoms with van der Waals surface area (Å²) >= 11 is 0. The lowest BCUT2D eigenvalue weighted by Crippen LogP contribution is -2.42. The Balaban J connectivity index is 1.18. The molecule has 43 heavy (non-hydrogen) atoms. The molecule has 3 heterocycles. The van der Waals surface area contributed by atoms with Gasteiger partial charge in [0.05, 0.1) is 24.5 Å². The number of hydrogen-bond donors (Lipinski definition) is 3. The first-order valence-corrected chi connectivity index (χ1v) is 13.6. The molecule has 0 bridgehead atoms. The van der Waals surface area contributed by atoms with E-state index in [2.05, 4.69) is 27.2 Å². The number of halogens is 2. The quantitative estimate of drug-likeness (QED) is 0.230. The standard InChI is InChI=1S/C31H29F2N5O5/c1-2-29(40)38-13-3-4-23(17-38)42-18-22-15-24-26(11-12-34-30(24)35-22)43-27-10-9-21(16-25(27)33)36-31(41)37-28(39)14-19-5-7-20(32)8-6-19/h2,5-12,15-16,23H,1,3-4,13-14,17-18H2,(H,34,35)(H2,36,37,39,41). The summed E-state index contributed by atoms with van der Waals surface area (Å²) in [5, 5.41) is 5.17. The first-order chi connectivity index (χ1) is 20.8. The van der Waals surface area contributed by atoms with E-state index in [0.29, 0.717) is 35.4 Å². The number of aromatic nitrogens is 2. The summed E-state index contributed by atoms with van der Waals surface area (Å²) < 4.78 is 39.9. The summed E-state index contributed by atoms with van der Waals surface area (Å²) in [5.74, 6) is -1.62. The zero-order chi connectivity index (χ0) is 30.3. The molecule has 1 aliphatic heterocycles. The number of imide groups is 1. The lowest BCUT2D eigenvalue weighted by Gasteiger charge is -2.31. The van der Waals surface area contributed by atoms with Gasteiger partial charge in [0, 0.05) is 36.7 Å². The molecule has 5 rings (SSSR count). The Morgan fingerprint density at radius 2 is 1.91 bits per heavy atom. The molecule has 222 valence electrons. The fourth-order valence-electron chi connectivity index (χ4n) is 4.74. The fourth-order valence-corrected chi connectivity index (χ4v) is 4.74. The minimum Gasteiger partial charge on any atom is -0.453 e. The van der Waals surface area contributed by atoms with Gasteiger partial charge in [-0.2, -0.15) is 0 Å². The molecule has 1 fully saturated rings. The summed E-state index contributed by atoms with van der Waals surface area (Å²) in [4.78, 5) is 45.5. The Kier molecular flexibility index (Phi) is 9.06. The molecule has 1 atom stereocenters. The predicted octanol–water partition coefficient (Wildman–Crippen LogP) is 5.22. The largest absolute Gasteiger partial charge is 0.453 e. The van der Waals surface area contributed by atoms with Crippen molar-refractivity contribution in [3.63, 3.8) is 0 Å². The van der Waals surface area contributed by atoms with E-state index in [1.165, 1.54) is 48.7 Å². The van der Waals surface area contributed by atoms with Gasteiger partial charge in [0.25, 0.3) is 0 Å². The van der Waals surface area contributed by atoms with Crippen molar-refractivity contribution in [1.29, 1.82) is 0 Å². The maximum atomic E-state index is 14.9. The normalized spacial score (nSPS) is 14.7. The highest BCUT2D eigenvalue weighted by Crippen LogP contribution is 2.32. The first-order valence-electron chi connectivity index (χ1n) is 13.6. The molecule has 1 aliphatic rings. The number of nitrogens with zero attached hydrogens (tertiary/aromatic N) is 2. The van der Waals surface area contributed by atoms with Crippen molar-refractivity contribution in [2.75, 3.05) is 18.4 Å². The number of ether oxygens (including phenoxy) is 2. The van der Waals surface area contributed by atoms with Crippen molar-refractivity contribution < 1.29 is 32.6 Å². The van der Waals surface area contributed by atoms with E-state index in [4.69, 9.17) is 9.47 Å². The first kappa shape index (κ1) is 29.4. The average Bonchev–Trinajstić information content (AvgIpc) is 3.42. The van der Waals surface area contributed by atoms with Crippen LogP contribution in [-0.4, -0.2) is 51.9 Å². The number of aromatic amines is 1. The number of likely N-dealkylation sites (tertiary alicyclic amines) is 1. The molecule has 0 saturated carbocycles. The number of nitrogens with one attached hydrogen (secondary N) is 3. The number of H-pyrrole nitrogens is 1. The van der Waals surface area contributed by atoms with Crippen LogP contribution in [0.25, 0.3) is 11.0 Å². The summed E-state index contributed by atoms with van der Waals surface area (Å²) in [7, 11) is 0. The van der Waals surface area contributed by atoms with Gasteiger partial charge in [0.2, 0.25) is 11.8 Å². The van der Waals surface area contributed by atoms with E-state index in [-0.39, 0.29) is 36.5 Å². The molecule has 0 aliphatic carbocycles. The molecule has 4 aromatic rings. The topological polar surface area (TPSA) is 126 Å². The maximum absolute atomic E-state index is 14.9. The third-order valence-corrected chi connectivity index (χ3v) is 6.83. The number of hydrogen-bond acceptors (Lipinski definition) is 6. The average molecular weight is 590 g/mol. The number of rotatable bonds is 9. The number of carbonyl (C=O) groups excluding carboxylic acids is 3. The van der Waals surface area contributed by atoms with Crippen molar-refractivity contribution in [1.82, 2.24) is 20.2 Å². The van der Waals surface area contributed by atoms with Gasteiger partial charge in [-0.25, -0.2) is 18.6 Å². The number of amides is 4. The summed E-state index contributed by atoms with van der Waals surface area (Å²) in [6, 6.07) is 11.8. The van der Waals surface area contributed by atoms with Crippen molar-refractivity contribution >= 4 is 34.6 Å². The zero-order valence-corrected chi connectivity index (χ0v) is 23.1. The molecule has 2 aromatic carbocycles. The van der Waals surface area contributed by atoms with Crippen LogP contribution in [0.15, 0.2) is 73.4 Å². The van der Waals surface area contributed by atoms with Gasteiger partial charge in [-0.05, 0) is 60.9 Å². The van der Waals surface area contributed by atoms with Crippen LogP contribution in [0.3, 0.4) is 0 Å². The Bertz CT molecular complexity index is 1660. The van der Waals surface area contributed by atoms with Crippen LogP contribution in [0, 0.1) is 11.6 Å². The number of urea groups is 1. The van der Waals surface area contributed by atoms with Crippen molar-refractivity contribution in [3.8, 4) is 11.5 Å². The highest BCUT2D eigenvalue weighted by atomic mass is 19.1. The Morgan fingerprint density at radius 1 is 1.09 bits per heavy atom.